The Bertz CT molecular complexity index is 739. The van der Waals surface area contributed by atoms with Crippen LogP contribution in [0, 0.1) is 0 Å². The van der Waals surface area contributed by atoms with Crippen molar-refractivity contribution in [1.82, 2.24) is 10.2 Å². The number of carbonyl (C=O) groups excluding carboxylic acids is 2. The van der Waals surface area contributed by atoms with Gasteiger partial charge < -0.3 is 0 Å². The van der Waals surface area contributed by atoms with Crippen molar-refractivity contribution in [2.75, 3.05) is 0 Å². The minimum absolute atomic E-state index is 0.330. The number of nitrogens with zero attached hydrogens (tertiary/aromatic N) is 1. The normalized spacial score (nSPS) is 16.2. The van der Waals surface area contributed by atoms with E-state index in [2.05, 4.69) is 5.32 Å². The van der Waals surface area contributed by atoms with Crippen molar-refractivity contribution in [2.45, 2.75) is 6.54 Å². The molecule has 2 aromatic rings. The van der Waals surface area contributed by atoms with E-state index >= 15 is 0 Å². The molecular weight excluding hydrogens is 300 g/mol. The van der Waals surface area contributed by atoms with Crippen LogP contribution in [0.25, 0.3) is 6.08 Å². The molecule has 1 aliphatic heterocycles. The first-order chi connectivity index (χ1) is 10.6. The van der Waals surface area contributed by atoms with E-state index in [-0.39, 0.29) is 0 Å². The van der Waals surface area contributed by atoms with Crippen molar-refractivity contribution in [2.24, 2.45) is 0 Å². The molecular formula is C17H13ClN2O2. The van der Waals surface area contributed by atoms with Gasteiger partial charge in [0.25, 0.3) is 5.91 Å². The van der Waals surface area contributed by atoms with Gasteiger partial charge in [0.2, 0.25) is 0 Å². The van der Waals surface area contributed by atoms with Crippen LogP contribution in [0.1, 0.15) is 11.1 Å². The molecule has 0 saturated carbocycles. The maximum absolute atomic E-state index is 12.0. The quantitative estimate of drug-likeness (QED) is 0.697. The lowest BCUT2D eigenvalue weighted by molar-refractivity contribution is -0.116. The molecule has 0 spiro atoms. The molecule has 2 aromatic carbocycles. The molecule has 110 valence electrons. The molecule has 1 N–H and O–H groups in total. The molecule has 22 heavy (non-hydrogen) atoms. The largest absolute Gasteiger partial charge is 0.329 e. The van der Waals surface area contributed by atoms with E-state index in [4.69, 9.17) is 11.6 Å². The van der Waals surface area contributed by atoms with Crippen molar-refractivity contribution >= 4 is 29.6 Å². The second-order valence-corrected chi connectivity index (χ2v) is 5.35. The predicted molar refractivity (Wildman–Crippen MR) is 85.0 cm³/mol. The van der Waals surface area contributed by atoms with E-state index in [0.29, 0.717) is 17.3 Å². The van der Waals surface area contributed by atoms with Crippen LogP contribution in [0.3, 0.4) is 0 Å². The summed E-state index contributed by atoms with van der Waals surface area (Å²) >= 11 is 5.85. The molecule has 0 aromatic heterocycles. The molecule has 3 amide bonds. The zero-order valence-corrected chi connectivity index (χ0v) is 12.4. The monoisotopic (exact) mass is 312 g/mol. The number of hydrogen-bond donors (Lipinski definition) is 1. The predicted octanol–water partition coefficient (Wildman–Crippen LogP) is 3.43. The molecule has 4 nitrogen and oxygen atoms in total. The molecule has 1 heterocycles. The number of imide groups is 1. The molecule has 0 radical (unpaired) electrons. The summed E-state index contributed by atoms with van der Waals surface area (Å²) in [6.45, 7) is 0.345. The maximum Gasteiger partial charge on any atom is 0.329 e. The Hall–Kier alpha value is -2.59. The van der Waals surface area contributed by atoms with Crippen molar-refractivity contribution in [1.29, 1.82) is 0 Å². The third kappa shape index (κ3) is 3.02. The third-order valence-electron chi connectivity index (χ3n) is 3.35. The van der Waals surface area contributed by atoms with E-state index in [1.807, 2.05) is 30.3 Å². The van der Waals surface area contributed by atoms with Crippen molar-refractivity contribution in [3.63, 3.8) is 0 Å². The van der Waals surface area contributed by atoms with Gasteiger partial charge >= 0.3 is 6.03 Å². The average Bonchev–Trinajstić information content (AvgIpc) is 2.77. The van der Waals surface area contributed by atoms with E-state index in [1.54, 1.807) is 30.3 Å². The van der Waals surface area contributed by atoms with Crippen LogP contribution in [0.4, 0.5) is 4.79 Å². The third-order valence-corrected chi connectivity index (χ3v) is 3.60. The van der Waals surface area contributed by atoms with Gasteiger partial charge in [0.05, 0.1) is 6.54 Å². The van der Waals surface area contributed by atoms with Gasteiger partial charge in [0.1, 0.15) is 5.70 Å². The number of benzene rings is 2. The lowest BCUT2D eigenvalue weighted by atomic mass is 10.1. The fourth-order valence-electron chi connectivity index (χ4n) is 2.24. The maximum atomic E-state index is 12.0. The highest BCUT2D eigenvalue weighted by molar-refractivity contribution is 6.30. The summed E-state index contributed by atoms with van der Waals surface area (Å²) < 4.78 is 0. The highest BCUT2D eigenvalue weighted by atomic mass is 35.5. The Labute approximate surface area is 133 Å². The summed E-state index contributed by atoms with van der Waals surface area (Å²) in [5.74, 6) is -0.393. The van der Waals surface area contributed by atoms with Crippen LogP contribution in [-0.4, -0.2) is 16.8 Å². The summed E-state index contributed by atoms with van der Waals surface area (Å²) in [6.07, 6.45) is 1.68. The van der Waals surface area contributed by atoms with Crippen LogP contribution >= 0.6 is 11.6 Å². The number of amides is 3. The van der Waals surface area contributed by atoms with E-state index in [1.165, 1.54) is 4.90 Å². The second kappa shape index (κ2) is 6.03. The summed E-state index contributed by atoms with van der Waals surface area (Å²) in [5.41, 5.74) is 2.09. The molecule has 1 aliphatic rings. The van der Waals surface area contributed by atoms with Gasteiger partial charge in [0.15, 0.2) is 0 Å². The van der Waals surface area contributed by atoms with Gasteiger partial charge in [0, 0.05) is 5.02 Å². The van der Waals surface area contributed by atoms with Crippen LogP contribution in [0.5, 0.6) is 0 Å². The van der Waals surface area contributed by atoms with Gasteiger partial charge in [-0.15, -0.1) is 0 Å². The van der Waals surface area contributed by atoms with Gasteiger partial charge in [-0.05, 0) is 29.3 Å². The Morgan fingerprint density at radius 3 is 2.36 bits per heavy atom. The minimum Gasteiger partial charge on any atom is -0.284 e. The standard InChI is InChI=1S/C17H13ClN2O2/c18-14-8-6-12(7-9-14)10-15-16(21)19-17(22)20(15)11-13-4-2-1-3-5-13/h1-10H,11H2,(H,19,21,22)/b15-10+. The SMILES string of the molecule is O=C1NC(=O)N(Cc2ccccc2)/C1=C/c1ccc(Cl)cc1. The van der Waals surface area contributed by atoms with Crippen molar-refractivity contribution in [3.05, 3.63) is 76.4 Å². The first-order valence-electron chi connectivity index (χ1n) is 6.77. The first kappa shape index (κ1) is 14.4. The number of rotatable bonds is 3. The van der Waals surface area contributed by atoms with Gasteiger partial charge in [-0.1, -0.05) is 54.1 Å². The minimum atomic E-state index is -0.408. The number of carbonyl (C=O) groups is 2. The van der Waals surface area contributed by atoms with Crippen LogP contribution in [0.15, 0.2) is 60.3 Å². The van der Waals surface area contributed by atoms with Gasteiger partial charge in [-0.2, -0.15) is 0 Å². The second-order valence-electron chi connectivity index (χ2n) is 4.91. The van der Waals surface area contributed by atoms with E-state index in [0.717, 1.165) is 11.1 Å². The zero-order chi connectivity index (χ0) is 15.5. The number of nitrogens with one attached hydrogen (secondary N) is 1. The molecule has 5 heteroatoms. The highest BCUT2D eigenvalue weighted by Crippen LogP contribution is 2.20. The first-order valence-corrected chi connectivity index (χ1v) is 7.15. The molecule has 1 fully saturated rings. The Morgan fingerprint density at radius 1 is 1.00 bits per heavy atom. The Kier molecular flexibility index (Phi) is 3.94. The smallest absolute Gasteiger partial charge is 0.284 e. The van der Waals surface area contributed by atoms with Crippen molar-refractivity contribution < 1.29 is 9.59 Å². The summed E-state index contributed by atoms with van der Waals surface area (Å²) in [7, 11) is 0. The van der Waals surface area contributed by atoms with Crippen LogP contribution in [-0.2, 0) is 11.3 Å². The fraction of sp³-hybridized carbons (Fsp3) is 0.0588. The molecule has 0 unspecified atom stereocenters. The van der Waals surface area contributed by atoms with Crippen LogP contribution in [0.2, 0.25) is 5.02 Å². The number of hydrogen-bond acceptors (Lipinski definition) is 2. The highest BCUT2D eigenvalue weighted by Gasteiger charge is 2.32. The van der Waals surface area contributed by atoms with Crippen LogP contribution < -0.4 is 5.32 Å². The summed E-state index contributed by atoms with van der Waals surface area (Å²) in [5, 5.41) is 2.94. The summed E-state index contributed by atoms with van der Waals surface area (Å²) in [4.78, 5) is 25.4. The lowest BCUT2D eigenvalue weighted by Crippen LogP contribution is -2.27. The molecule has 1 saturated heterocycles. The number of halogens is 1. The molecule has 0 aliphatic carbocycles. The van der Waals surface area contributed by atoms with Gasteiger partial charge in [-0.3, -0.25) is 15.0 Å². The molecule has 0 bridgehead atoms. The molecule has 3 rings (SSSR count). The summed E-state index contributed by atoms with van der Waals surface area (Å²) in [6, 6.07) is 16.2. The fourth-order valence-corrected chi connectivity index (χ4v) is 2.37. The number of urea groups is 1. The lowest BCUT2D eigenvalue weighted by Gasteiger charge is -2.15. The van der Waals surface area contributed by atoms with Crippen molar-refractivity contribution in [3.8, 4) is 0 Å². The van der Waals surface area contributed by atoms with Gasteiger partial charge in [-0.25, -0.2) is 4.79 Å². The Balaban J connectivity index is 1.91. The topological polar surface area (TPSA) is 49.4 Å². The Morgan fingerprint density at radius 2 is 1.68 bits per heavy atom. The van der Waals surface area contributed by atoms with E-state index < -0.39 is 11.9 Å². The molecule has 0 atom stereocenters. The van der Waals surface area contributed by atoms with E-state index in [9.17, 15) is 9.59 Å². The average molecular weight is 313 g/mol. The zero-order valence-electron chi connectivity index (χ0n) is 11.6.